The van der Waals surface area contributed by atoms with Crippen molar-refractivity contribution >= 4 is 28.4 Å². The quantitative estimate of drug-likeness (QED) is 0.850. The Morgan fingerprint density at radius 1 is 1.43 bits per heavy atom. The second-order valence-corrected chi connectivity index (χ2v) is 6.50. The van der Waals surface area contributed by atoms with Crippen LogP contribution in [0.25, 0.3) is 10.9 Å². The van der Waals surface area contributed by atoms with E-state index >= 15 is 0 Å². The van der Waals surface area contributed by atoms with Crippen molar-refractivity contribution in [3.8, 4) is 0 Å². The van der Waals surface area contributed by atoms with E-state index in [1.165, 1.54) is 6.42 Å². The number of carbonyl (C=O) groups is 1. The molecule has 3 rings (SSSR count). The van der Waals surface area contributed by atoms with Gasteiger partial charge in [-0.2, -0.15) is 0 Å². The summed E-state index contributed by atoms with van der Waals surface area (Å²) in [4.78, 5) is 14.8. The lowest BCUT2D eigenvalue weighted by molar-refractivity contribution is -0.00329. The fourth-order valence-corrected chi connectivity index (χ4v) is 3.47. The second-order valence-electron chi connectivity index (χ2n) is 6.09. The second kappa shape index (κ2) is 6.93. The molecule has 2 heterocycles. The molecule has 1 aromatic heterocycles. The van der Waals surface area contributed by atoms with Crippen LogP contribution in [0.2, 0.25) is 5.02 Å². The summed E-state index contributed by atoms with van der Waals surface area (Å²) >= 11 is 6.26. The van der Waals surface area contributed by atoms with Crippen LogP contribution in [0.15, 0.2) is 24.3 Å². The average molecular weight is 335 g/mol. The number of benzene rings is 1. The van der Waals surface area contributed by atoms with E-state index in [1.54, 1.807) is 0 Å². The first-order valence-electron chi connectivity index (χ1n) is 8.26. The summed E-state index contributed by atoms with van der Waals surface area (Å²) in [5.41, 5.74) is 1.65. The number of rotatable bonds is 4. The molecule has 1 atom stereocenters. The van der Waals surface area contributed by atoms with Gasteiger partial charge in [0.25, 0.3) is 5.91 Å². The van der Waals surface area contributed by atoms with Crippen molar-refractivity contribution < 1.29 is 9.53 Å². The number of nitrogens with zero attached hydrogens (tertiary/aromatic N) is 2. The molecule has 1 aliphatic rings. The molecular weight excluding hydrogens is 312 g/mol. The van der Waals surface area contributed by atoms with E-state index in [0.29, 0.717) is 23.8 Å². The predicted octanol–water partition coefficient (Wildman–Crippen LogP) is 3.86. The molecule has 1 fully saturated rings. The normalized spacial score (nSPS) is 18.3. The predicted molar refractivity (Wildman–Crippen MR) is 93.1 cm³/mol. The largest absolute Gasteiger partial charge is 0.376 e. The fraction of sp³-hybridized carbons (Fsp3) is 0.500. The molecule has 124 valence electrons. The Labute approximate surface area is 142 Å². The van der Waals surface area contributed by atoms with Crippen LogP contribution in [-0.4, -0.2) is 41.2 Å². The van der Waals surface area contributed by atoms with Gasteiger partial charge in [0.15, 0.2) is 0 Å². The molecule has 0 N–H and O–H groups in total. The van der Waals surface area contributed by atoms with E-state index < -0.39 is 0 Å². The monoisotopic (exact) mass is 334 g/mol. The summed E-state index contributed by atoms with van der Waals surface area (Å²) in [6.45, 7) is 4.15. The van der Waals surface area contributed by atoms with Crippen LogP contribution < -0.4 is 0 Å². The number of likely N-dealkylation sites (N-methyl/N-ethyl adjacent to an activating group) is 1. The first kappa shape index (κ1) is 16.3. The lowest BCUT2D eigenvalue weighted by Gasteiger charge is -2.29. The molecule has 1 aromatic carbocycles. The molecule has 1 saturated heterocycles. The third-order valence-corrected chi connectivity index (χ3v) is 4.95. The lowest BCUT2D eigenvalue weighted by atomic mass is 10.1. The van der Waals surface area contributed by atoms with Crippen molar-refractivity contribution in [2.75, 3.05) is 19.7 Å². The molecule has 0 radical (unpaired) electrons. The average Bonchev–Trinajstić information content (AvgIpc) is 2.91. The van der Waals surface area contributed by atoms with Gasteiger partial charge in [0.2, 0.25) is 0 Å². The van der Waals surface area contributed by atoms with Crippen LogP contribution in [0.5, 0.6) is 0 Å². The Bertz CT molecular complexity index is 704. The third kappa shape index (κ3) is 3.24. The highest BCUT2D eigenvalue weighted by molar-refractivity contribution is 6.35. The zero-order valence-corrected chi connectivity index (χ0v) is 14.5. The zero-order chi connectivity index (χ0) is 16.4. The molecular formula is C18H23ClN2O2. The van der Waals surface area contributed by atoms with E-state index in [4.69, 9.17) is 16.3 Å². The Kier molecular flexibility index (Phi) is 4.93. The molecule has 23 heavy (non-hydrogen) atoms. The molecule has 0 unspecified atom stereocenters. The fourth-order valence-electron chi connectivity index (χ4n) is 3.24. The summed E-state index contributed by atoms with van der Waals surface area (Å²) in [6.07, 6.45) is 3.49. The Morgan fingerprint density at radius 2 is 2.26 bits per heavy atom. The molecule has 2 aromatic rings. The summed E-state index contributed by atoms with van der Waals surface area (Å²) in [5, 5.41) is 1.60. The van der Waals surface area contributed by atoms with Crippen LogP contribution in [0.1, 0.15) is 36.7 Å². The van der Waals surface area contributed by atoms with E-state index in [0.717, 1.165) is 30.4 Å². The van der Waals surface area contributed by atoms with Crippen molar-refractivity contribution in [1.82, 2.24) is 9.47 Å². The van der Waals surface area contributed by atoms with Gasteiger partial charge in [-0.3, -0.25) is 4.79 Å². The summed E-state index contributed by atoms with van der Waals surface area (Å²) in [7, 11) is 1.91. The van der Waals surface area contributed by atoms with Crippen LogP contribution in [0, 0.1) is 0 Å². The minimum atomic E-state index is 0.0384. The molecule has 0 bridgehead atoms. The number of fused-ring (bicyclic) bond motifs is 1. The molecule has 0 saturated carbocycles. The first-order chi connectivity index (χ1) is 11.1. The number of hydrogen-bond donors (Lipinski definition) is 0. The van der Waals surface area contributed by atoms with Crippen LogP contribution in [0.3, 0.4) is 0 Å². The molecule has 4 nitrogen and oxygen atoms in total. The maximum absolute atomic E-state index is 13.0. The Morgan fingerprint density at radius 3 is 2.91 bits per heavy atom. The van der Waals surface area contributed by atoms with Crippen LogP contribution in [0.4, 0.5) is 0 Å². The highest BCUT2D eigenvalue weighted by Crippen LogP contribution is 2.27. The smallest absolute Gasteiger partial charge is 0.270 e. The number of carbonyl (C=O) groups excluding carboxylic acids is 1. The van der Waals surface area contributed by atoms with Gasteiger partial charge in [0, 0.05) is 42.7 Å². The third-order valence-electron chi connectivity index (χ3n) is 4.62. The highest BCUT2D eigenvalue weighted by Gasteiger charge is 2.24. The highest BCUT2D eigenvalue weighted by atomic mass is 35.5. The summed E-state index contributed by atoms with van der Waals surface area (Å²) in [5.74, 6) is 0.0384. The van der Waals surface area contributed by atoms with Gasteiger partial charge in [-0.05, 0) is 44.4 Å². The Hall–Kier alpha value is -1.52. The number of hydrogen-bond acceptors (Lipinski definition) is 2. The van der Waals surface area contributed by atoms with Crippen molar-refractivity contribution in [3.63, 3.8) is 0 Å². The van der Waals surface area contributed by atoms with Gasteiger partial charge in [-0.1, -0.05) is 17.7 Å². The molecule has 1 amide bonds. The summed E-state index contributed by atoms with van der Waals surface area (Å²) in [6, 6.07) is 7.64. The number of amides is 1. The lowest BCUT2D eigenvalue weighted by Crippen LogP contribution is -2.40. The van der Waals surface area contributed by atoms with Gasteiger partial charge in [0.1, 0.15) is 5.69 Å². The van der Waals surface area contributed by atoms with Crippen molar-refractivity contribution in [2.45, 2.75) is 32.3 Å². The topological polar surface area (TPSA) is 34.5 Å². The Balaban J connectivity index is 1.85. The van der Waals surface area contributed by atoms with Crippen molar-refractivity contribution in [1.29, 1.82) is 0 Å². The van der Waals surface area contributed by atoms with Gasteiger partial charge >= 0.3 is 0 Å². The zero-order valence-electron chi connectivity index (χ0n) is 13.7. The van der Waals surface area contributed by atoms with E-state index in [2.05, 4.69) is 0 Å². The van der Waals surface area contributed by atoms with E-state index in [9.17, 15) is 4.79 Å². The standard InChI is InChI=1S/C18H23ClN2O2/c1-3-21(12-13-7-4-5-10-23-13)18(22)17-11-14-15(19)8-6-9-16(14)20(17)2/h6,8-9,11,13H,3-5,7,10,12H2,1-2H3/t13-/m1/s1. The number of halogens is 1. The van der Waals surface area contributed by atoms with Crippen molar-refractivity contribution in [3.05, 3.63) is 35.0 Å². The number of ether oxygens (including phenoxy) is 1. The van der Waals surface area contributed by atoms with Crippen LogP contribution in [-0.2, 0) is 11.8 Å². The van der Waals surface area contributed by atoms with E-state index in [1.807, 2.05) is 47.7 Å². The minimum absolute atomic E-state index is 0.0384. The van der Waals surface area contributed by atoms with E-state index in [-0.39, 0.29) is 12.0 Å². The SMILES string of the molecule is CCN(C[C@H]1CCCCO1)C(=O)c1cc2c(Cl)cccc2n1C. The van der Waals surface area contributed by atoms with Gasteiger partial charge in [0.05, 0.1) is 6.10 Å². The molecule has 5 heteroatoms. The maximum Gasteiger partial charge on any atom is 0.270 e. The maximum atomic E-state index is 13.0. The van der Waals surface area contributed by atoms with Gasteiger partial charge < -0.3 is 14.2 Å². The van der Waals surface area contributed by atoms with Gasteiger partial charge in [-0.15, -0.1) is 0 Å². The van der Waals surface area contributed by atoms with Gasteiger partial charge in [-0.25, -0.2) is 0 Å². The number of aryl methyl sites for hydroxylation is 1. The molecule has 0 aliphatic carbocycles. The minimum Gasteiger partial charge on any atom is -0.376 e. The van der Waals surface area contributed by atoms with Crippen molar-refractivity contribution in [2.24, 2.45) is 7.05 Å². The first-order valence-corrected chi connectivity index (χ1v) is 8.64. The number of aromatic nitrogens is 1. The molecule has 0 spiro atoms. The summed E-state index contributed by atoms with van der Waals surface area (Å²) < 4.78 is 7.71. The van der Waals surface area contributed by atoms with Crippen LogP contribution >= 0.6 is 11.6 Å². The molecule has 1 aliphatic heterocycles.